The lowest BCUT2D eigenvalue weighted by Crippen LogP contribution is -2.02. The maximum atomic E-state index is 11.9. The Bertz CT molecular complexity index is 583. The number of nitro benzene ring substituents is 1. The van der Waals surface area contributed by atoms with Gasteiger partial charge in [0.1, 0.15) is 11.5 Å². The number of furan rings is 1. The molecule has 0 aliphatic heterocycles. The van der Waals surface area contributed by atoms with Crippen LogP contribution in [0.2, 0.25) is 0 Å². The molecule has 5 nitrogen and oxygen atoms in total. The number of nitrogens with zero attached hydrogens (tertiary/aromatic N) is 1. The van der Waals surface area contributed by atoms with Crippen molar-refractivity contribution in [2.24, 2.45) is 0 Å². The minimum absolute atomic E-state index is 0.0274. The lowest BCUT2D eigenvalue weighted by atomic mass is 10.1. The molecular weight excluding hydrogens is 234 g/mol. The van der Waals surface area contributed by atoms with E-state index in [-0.39, 0.29) is 17.9 Å². The fourth-order valence-electron chi connectivity index (χ4n) is 1.61. The van der Waals surface area contributed by atoms with Crippen LogP contribution in [0.1, 0.15) is 21.9 Å². The molecule has 2 rings (SSSR count). The van der Waals surface area contributed by atoms with Gasteiger partial charge in [0, 0.05) is 17.7 Å². The van der Waals surface area contributed by atoms with Crippen molar-refractivity contribution in [3.63, 3.8) is 0 Å². The molecular formula is C13H11NO4. The Balaban J connectivity index is 2.11. The molecule has 0 saturated heterocycles. The number of aryl methyl sites for hydroxylation is 1. The Labute approximate surface area is 103 Å². The minimum Gasteiger partial charge on any atom is -0.466 e. The molecule has 0 atom stereocenters. The zero-order chi connectivity index (χ0) is 13.1. The summed E-state index contributed by atoms with van der Waals surface area (Å²) in [5, 5.41) is 10.5. The van der Waals surface area contributed by atoms with Gasteiger partial charge < -0.3 is 4.42 Å². The minimum atomic E-state index is -0.496. The predicted molar refractivity (Wildman–Crippen MR) is 64.6 cm³/mol. The predicted octanol–water partition coefficient (Wildman–Crippen LogP) is 2.92. The third-order valence-electron chi connectivity index (χ3n) is 2.53. The second-order valence-electron chi connectivity index (χ2n) is 3.92. The second kappa shape index (κ2) is 4.83. The molecule has 0 radical (unpaired) electrons. The van der Waals surface area contributed by atoms with Crippen molar-refractivity contribution in [2.75, 3.05) is 0 Å². The molecule has 0 bridgehead atoms. The number of carbonyl (C=O) groups is 1. The summed E-state index contributed by atoms with van der Waals surface area (Å²) >= 11 is 0. The van der Waals surface area contributed by atoms with Crippen molar-refractivity contribution < 1.29 is 14.1 Å². The molecule has 0 N–H and O–H groups in total. The maximum Gasteiger partial charge on any atom is 0.269 e. The first-order valence-electron chi connectivity index (χ1n) is 5.39. The van der Waals surface area contributed by atoms with Gasteiger partial charge in [0.05, 0.1) is 11.3 Å². The van der Waals surface area contributed by atoms with E-state index in [2.05, 4.69) is 0 Å². The van der Waals surface area contributed by atoms with Crippen molar-refractivity contribution >= 4 is 11.5 Å². The van der Waals surface area contributed by atoms with E-state index in [9.17, 15) is 14.9 Å². The molecule has 0 spiro atoms. The number of nitro groups is 1. The van der Waals surface area contributed by atoms with E-state index in [0.717, 1.165) is 5.76 Å². The van der Waals surface area contributed by atoms with Gasteiger partial charge in [-0.25, -0.2) is 0 Å². The Morgan fingerprint density at radius 1 is 1.22 bits per heavy atom. The van der Waals surface area contributed by atoms with Crippen LogP contribution in [0.5, 0.6) is 0 Å². The lowest BCUT2D eigenvalue weighted by Gasteiger charge is -1.98. The molecule has 1 heterocycles. The average molecular weight is 245 g/mol. The summed E-state index contributed by atoms with van der Waals surface area (Å²) in [5.74, 6) is 1.22. The lowest BCUT2D eigenvalue weighted by molar-refractivity contribution is -0.384. The third kappa shape index (κ3) is 2.63. The molecule has 92 valence electrons. The average Bonchev–Trinajstić information content (AvgIpc) is 2.75. The number of non-ortho nitro benzene ring substituents is 1. The Morgan fingerprint density at radius 3 is 2.39 bits per heavy atom. The summed E-state index contributed by atoms with van der Waals surface area (Å²) in [6, 6.07) is 9.09. The first kappa shape index (κ1) is 12.0. The Kier molecular flexibility index (Phi) is 3.23. The van der Waals surface area contributed by atoms with Gasteiger partial charge in [-0.1, -0.05) is 0 Å². The van der Waals surface area contributed by atoms with Crippen LogP contribution in [0.25, 0.3) is 0 Å². The molecule has 2 aromatic rings. The van der Waals surface area contributed by atoms with Crippen LogP contribution in [-0.2, 0) is 6.42 Å². The molecule has 1 aromatic carbocycles. The number of Topliss-reactive ketones (excluding diaryl/α,β-unsaturated/α-hetero) is 1. The number of carbonyl (C=O) groups excluding carboxylic acids is 1. The fraction of sp³-hybridized carbons (Fsp3) is 0.154. The number of ketones is 1. The van der Waals surface area contributed by atoms with Crippen LogP contribution in [0, 0.1) is 17.0 Å². The number of benzene rings is 1. The standard InChI is InChI=1S/C13H11NO4/c1-9-2-7-12(18-9)8-13(15)10-3-5-11(6-4-10)14(16)17/h2-7H,8H2,1H3. The molecule has 1 aromatic heterocycles. The summed E-state index contributed by atoms with van der Waals surface area (Å²) in [5.41, 5.74) is 0.412. The van der Waals surface area contributed by atoms with Crippen molar-refractivity contribution in [1.82, 2.24) is 0 Å². The topological polar surface area (TPSA) is 73.3 Å². The van der Waals surface area contributed by atoms with Crippen LogP contribution in [0.3, 0.4) is 0 Å². The molecule has 0 amide bonds. The molecule has 0 fully saturated rings. The molecule has 0 unspecified atom stereocenters. The van der Waals surface area contributed by atoms with E-state index in [1.807, 2.05) is 0 Å². The van der Waals surface area contributed by atoms with Gasteiger partial charge >= 0.3 is 0 Å². The fourth-order valence-corrected chi connectivity index (χ4v) is 1.61. The highest BCUT2D eigenvalue weighted by Gasteiger charge is 2.11. The van der Waals surface area contributed by atoms with E-state index < -0.39 is 4.92 Å². The summed E-state index contributed by atoms with van der Waals surface area (Å²) in [7, 11) is 0. The quantitative estimate of drug-likeness (QED) is 0.471. The zero-order valence-corrected chi connectivity index (χ0v) is 9.75. The molecule has 5 heteroatoms. The van der Waals surface area contributed by atoms with Gasteiger partial charge in [-0.05, 0) is 31.2 Å². The summed E-state index contributed by atoms with van der Waals surface area (Å²) < 4.78 is 5.31. The van der Waals surface area contributed by atoms with E-state index >= 15 is 0 Å². The number of hydrogen-bond donors (Lipinski definition) is 0. The van der Waals surface area contributed by atoms with Gasteiger partial charge in [-0.3, -0.25) is 14.9 Å². The van der Waals surface area contributed by atoms with Gasteiger partial charge in [-0.15, -0.1) is 0 Å². The highest BCUT2D eigenvalue weighted by Crippen LogP contribution is 2.15. The van der Waals surface area contributed by atoms with Crippen LogP contribution >= 0.6 is 0 Å². The van der Waals surface area contributed by atoms with Crippen LogP contribution in [0.4, 0.5) is 5.69 Å². The van der Waals surface area contributed by atoms with Crippen molar-refractivity contribution in [3.8, 4) is 0 Å². The molecule has 0 aliphatic carbocycles. The van der Waals surface area contributed by atoms with Gasteiger partial charge in [0.2, 0.25) is 0 Å². The smallest absolute Gasteiger partial charge is 0.269 e. The van der Waals surface area contributed by atoms with Crippen LogP contribution < -0.4 is 0 Å². The first-order valence-corrected chi connectivity index (χ1v) is 5.39. The largest absolute Gasteiger partial charge is 0.466 e. The maximum absolute atomic E-state index is 11.9. The van der Waals surface area contributed by atoms with E-state index in [1.165, 1.54) is 24.3 Å². The van der Waals surface area contributed by atoms with Crippen molar-refractivity contribution in [2.45, 2.75) is 13.3 Å². The van der Waals surface area contributed by atoms with Gasteiger partial charge in [0.15, 0.2) is 5.78 Å². The Hall–Kier alpha value is -2.43. The number of hydrogen-bond acceptors (Lipinski definition) is 4. The highest BCUT2D eigenvalue weighted by atomic mass is 16.6. The Morgan fingerprint density at radius 2 is 1.89 bits per heavy atom. The third-order valence-corrected chi connectivity index (χ3v) is 2.53. The summed E-state index contributed by atoms with van der Waals surface area (Å²) in [4.78, 5) is 21.9. The van der Waals surface area contributed by atoms with Crippen LogP contribution in [0.15, 0.2) is 40.8 Å². The number of rotatable bonds is 4. The van der Waals surface area contributed by atoms with Gasteiger partial charge in [-0.2, -0.15) is 0 Å². The normalized spacial score (nSPS) is 10.3. The summed E-state index contributed by atoms with van der Waals surface area (Å²) in [6.07, 6.45) is 0.158. The molecule has 18 heavy (non-hydrogen) atoms. The molecule has 0 saturated carbocycles. The van der Waals surface area contributed by atoms with E-state index in [0.29, 0.717) is 11.3 Å². The first-order chi connectivity index (χ1) is 8.56. The zero-order valence-electron chi connectivity index (χ0n) is 9.75. The van der Waals surface area contributed by atoms with Crippen molar-refractivity contribution in [1.29, 1.82) is 0 Å². The second-order valence-corrected chi connectivity index (χ2v) is 3.92. The van der Waals surface area contributed by atoms with E-state index in [4.69, 9.17) is 4.42 Å². The van der Waals surface area contributed by atoms with Crippen molar-refractivity contribution in [3.05, 3.63) is 63.6 Å². The monoisotopic (exact) mass is 245 g/mol. The summed E-state index contributed by atoms with van der Waals surface area (Å²) in [6.45, 7) is 1.81. The SMILES string of the molecule is Cc1ccc(CC(=O)c2ccc([N+](=O)[O-])cc2)o1. The highest BCUT2D eigenvalue weighted by molar-refractivity contribution is 5.97. The molecule has 0 aliphatic rings. The van der Waals surface area contributed by atoms with Crippen LogP contribution in [-0.4, -0.2) is 10.7 Å². The van der Waals surface area contributed by atoms with Gasteiger partial charge in [0.25, 0.3) is 5.69 Å². The van der Waals surface area contributed by atoms with E-state index in [1.54, 1.807) is 19.1 Å².